The first kappa shape index (κ1) is 18.4. The lowest BCUT2D eigenvalue weighted by atomic mass is 9.92. The van der Waals surface area contributed by atoms with Gasteiger partial charge in [-0.15, -0.1) is 0 Å². The Bertz CT molecular complexity index is 1140. The van der Waals surface area contributed by atoms with E-state index in [-0.39, 0.29) is 18.6 Å². The third-order valence-electron chi connectivity index (χ3n) is 4.69. The van der Waals surface area contributed by atoms with Gasteiger partial charge >= 0.3 is 0 Å². The van der Waals surface area contributed by atoms with Crippen molar-refractivity contribution in [3.63, 3.8) is 0 Å². The van der Waals surface area contributed by atoms with Gasteiger partial charge in [0.25, 0.3) is 0 Å². The minimum Gasteiger partial charge on any atom is -0.392 e. The molecule has 3 unspecified atom stereocenters. The number of hydrogen-bond donors (Lipinski definition) is 1. The van der Waals surface area contributed by atoms with Gasteiger partial charge in [0.15, 0.2) is 11.0 Å². The highest BCUT2D eigenvalue weighted by molar-refractivity contribution is 7.83. The molecule has 2 aromatic heterocycles. The third-order valence-corrected chi connectivity index (χ3v) is 6.03. The van der Waals surface area contributed by atoms with E-state index in [9.17, 15) is 4.21 Å². The molecule has 0 amide bonds. The number of fused-ring (bicyclic) bond motifs is 1. The Morgan fingerprint density at radius 3 is 2.79 bits per heavy atom. The molecule has 1 aliphatic heterocycles. The van der Waals surface area contributed by atoms with Gasteiger partial charge in [0.1, 0.15) is 18.2 Å². The molecule has 1 aliphatic rings. The summed E-state index contributed by atoms with van der Waals surface area (Å²) in [5, 5.41) is 13.1. The Morgan fingerprint density at radius 2 is 2.11 bits per heavy atom. The van der Waals surface area contributed by atoms with Crippen LogP contribution in [0, 0.1) is 11.8 Å². The molecule has 0 saturated heterocycles. The van der Waals surface area contributed by atoms with Gasteiger partial charge in [-0.25, -0.2) is 4.21 Å². The van der Waals surface area contributed by atoms with Crippen molar-refractivity contribution < 1.29 is 14.2 Å². The van der Waals surface area contributed by atoms with Crippen molar-refractivity contribution >= 4 is 27.7 Å². The van der Waals surface area contributed by atoms with Crippen LogP contribution in [-0.4, -0.2) is 36.7 Å². The van der Waals surface area contributed by atoms with Crippen molar-refractivity contribution in [3.05, 3.63) is 59.9 Å². The molecule has 142 valence electrons. The smallest absolute Gasteiger partial charge is 0.157 e. The predicted octanol–water partition coefficient (Wildman–Crippen LogP) is 2.83. The summed E-state index contributed by atoms with van der Waals surface area (Å²) < 4.78 is 14.9. The van der Waals surface area contributed by atoms with E-state index < -0.39 is 11.0 Å². The number of aliphatic hydroxyl groups excluding tert-OH is 1. The molecule has 1 N–H and O–H groups in total. The van der Waals surface area contributed by atoms with Crippen LogP contribution in [0.3, 0.4) is 0 Å². The van der Waals surface area contributed by atoms with Gasteiger partial charge in [0.05, 0.1) is 27.6 Å². The normalized spacial score (nSPS) is 19.6. The van der Waals surface area contributed by atoms with Crippen molar-refractivity contribution in [2.24, 2.45) is 5.16 Å². The molecule has 1 aromatic carbocycles. The van der Waals surface area contributed by atoms with E-state index in [0.29, 0.717) is 21.5 Å². The Morgan fingerprint density at radius 1 is 1.32 bits per heavy atom. The van der Waals surface area contributed by atoms with E-state index in [1.165, 1.54) is 0 Å². The summed E-state index contributed by atoms with van der Waals surface area (Å²) in [6.45, 7) is 3.64. The summed E-state index contributed by atoms with van der Waals surface area (Å²) in [6.07, 6.45) is 3.43. The Labute approximate surface area is 165 Å². The maximum absolute atomic E-state index is 13.2. The van der Waals surface area contributed by atoms with Crippen LogP contribution >= 0.6 is 0 Å². The molecule has 7 heteroatoms. The lowest BCUT2D eigenvalue weighted by Crippen LogP contribution is -2.17. The van der Waals surface area contributed by atoms with Crippen molar-refractivity contribution in [3.8, 4) is 11.8 Å². The minimum absolute atomic E-state index is 0.00242. The number of oxime groups is 1. The highest BCUT2D eigenvalue weighted by Crippen LogP contribution is 2.31. The van der Waals surface area contributed by atoms with Crippen LogP contribution in [0.5, 0.6) is 0 Å². The fourth-order valence-electron chi connectivity index (χ4n) is 3.41. The van der Waals surface area contributed by atoms with Gasteiger partial charge < -0.3 is 9.94 Å². The fourth-order valence-corrected chi connectivity index (χ4v) is 4.55. The summed E-state index contributed by atoms with van der Waals surface area (Å²) in [5.41, 5.74) is 3.83. The number of aliphatic hydroxyl groups is 1. The molecule has 0 bridgehead atoms. The predicted molar refractivity (Wildman–Crippen MR) is 108 cm³/mol. The zero-order valence-electron chi connectivity index (χ0n) is 15.5. The second-order valence-corrected chi connectivity index (χ2v) is 7.91. The summed E-state index contributed by atoms with van der Waals surface area (Å²) in [6, 6.07) is 11.2. The minimum atomic E-state index is -1.45. The largest absolute Gasteiger partial charge is 0.392 e. The number of aromatic nitrogens is 2. The van der Waals surface area contributed by atoms with Gasteiger partial charge in [-0.1, -0.05) is 35.2 Å². The summed E-state index contributed by atoms with van der Waals surface area (Å²) in [5.74, 6) is 5.55. The Hall–Kier alpha value is -2.95. The van der Waals surface area contributed by atoms with E-state index in [4.69, 9.17) is 9.94 Å². The van der Waals surface area contributed by atoms with E-state index in [0.717, 1.165) is 11.3 Å². The highest BCUT2D eigenvalue weighted by Gasteiger charge is 2.30. The van der Waals surface area contributed by atoms with Crippen LogP contribution in [0.1, 0.15) is 30.9 Å². The van der Waals surface area contributed by atoms with Gasteiger partial charge in [-0.05, 0) is 37.6 Å². The first-order chi connectivity index (χ1) is 13.6. The van der Waals surface area contributed by atoms with Crippen LogP contribution in [0.25, 0.3) is 11.0 Å². The molecule has 0 aliphatic carbocycles. The number of rotatable bonds is 3. The maximum atomic E-state index is 13.2. The van der Waals surface area contributed by atoms with Gasteiger partial charge in [-0.2, -0.15) is 0 Å². The van der Waals surface area contributed by atoms with E-state index in [2.05, 4.69) is 22.0 Å². The Kier molecular flexibility index (Phi) is 4.99. The van der Waals surface area contributed by atoms with Crippen LogP contribution in [0.4, 0.5) is 0 Å². The van der Waals surface area contributed by atoms with Crippen molar-refractivity contribution in [1.29, 1.82) is 0 Å². The van der Waals surface area contributed by atoms with Crippen LogP contribution in [0.15, 0.2) is 58.8 Å². The molecular weight excluding hydrogens is 374 g/mol. The second-order valence-electron chi connectivity index (χ2n) is 6.55. The Balaban J connectivity index is 1.89. The quantitative estimate of drug-likeness (QED) is 0.694. The second kappa shape index (κ2) is 7.58. The number of pyridine rings is 1. The summed E-state index contributed by atoms with van der Waals surface area (Å²) >= 11 is 0. The molecule has 6 nitrogen and oxygen atoms in total. The van der Waals surface area contributed by atoms with Crippen LogP contribution < -0.4 is 0 Å². The number of benzene rings is 1. The number of hydrogen-bond acceptors (Lipinski definition) is 5. The molecule has 3 heterocycles. The first-order valence-electron chi connectivity index (χ1n) is 8.88. The molecular formula is C21H19N3O3S. The zero-order valence-corrected chi connectivity index (χ0v) is 16.3. The SMILES string of the molecule is CC1=NOC(C)C1c1cnc2c(C#CCO)cn(S(=O)c3ccccc3)c2c1. The van der Waals surface area contributed by atoms with E-state index in [1.54, 1.807) is 16.4 Å². The maximum Gasteiger partial charge on any atom is 0.157 e. The molecule has 0 saturated carbocycles. The van der Waals surface area contributed by atoms with Crippen molar-refractivity contribution in [2.75, 3.05) is 6.61 Å². The fraction of sp³-hybridized carbons (Fsp3) is 0.238. The molecule has 0 radical (unpaired) electrons. The van der Waals surface area contributed by atoms with Gasteiger partial charge in [-0.3, -0.25) is 8.96 Å². The highest BCUT2D eigenvalue weighted by atomic mass is 32.2. The number of nitrogens with zero attached hydrogens (tertiary/aromatic N) is 3. The average Bonchev–Trinajstić information content (AvgIpc) is 3.25. The molecule has 4 rings (SSSR count). The van der Waals surface area contributed by atoms with Crippen LogP contribution in [-0.2, 0) is 15.8 Å². The summed E-state index contributed by atoms with van der Waals surface area (Å²) in [4.78, 5) is 10.7. The van der Waals surface area contributed by atoms with Crippen molar-refractivity contribution in [2.45, 2.75) is 30.8 Å². The molecule has 3 aromatic rings. The summed E-state index contributed by atoms with van der Waals surface area (Å²) in [7, 11) is -1.45. The average molecular weight is 393 g/mol. The van der Waals surface area contributed by atoms with Gasteiger partial charge in [0.2, 0.25) is 0 Å². The first-order valence-corrected chi connectivity index (χ1v) is 9.99. The molecule has 0 spiro atoms. The molecule has 28 heavy (non-hydrogen) atoms. The molecule has 3 atom stereocenters. The lowest BCUT2D eigenvalue weighted by molar-refractivity contribution is 0.0904. The third kappa shape index (κ3) is 3.21. The topological polar surface area (TPSA) is 76.7 Å². The standard InChI is InChI=1S/C21H19N3O3S/c1-14-20(15(2)27-23-14)17-11-19-21(22-12-17)16(7-6-10-25)13-24(19)28(26)18-8-4-3-5-9-18/h3-5,8-9,11-13,15,20,25H,10H2,1-2H3. The van der Waals surface area contributed by atoms with E-state index in [1.807, 2.05) is 50.2 Å². The zero-order chi connectivity index (χ0) is 19.7. The van der Waals surface area contributed by atoms with Crippen LogP contribution in [0.2, 0.25) is 0 Å². The van der Waals surface area contributed by atoms with E-state index >= 15 is 0 Å². The van der Waals surface area contributed by atoms with Gasteiger partial charge in [0, 0.05) is 12.4 Å². The molecule has 0 fully saturated rings. The van der Waals surface area contributed by atoms with Crippen molar-refractivity contribution in [1.82, 2.24) is 8.96 Å². The monoisotopic (exact) mass is 393 g/mol. The lowest BCUT2D eigenvalue weighted by Gasteiger charge is -2.14.